The molecule has 1 aliphatic rings. The van der Waals surface area contributed by atoms with Crippen molar-refractivity contribution in [2.75, 3.05) is 0 Å². The molecule has 3 unspecified atom stereocenters. The van der Waals surface area contributed by atoms with E-state index >= 15 is 0 Å². The molecule has 0 aromatic rings. The van der Waals surface area contributed by atoms with E-state index in [1.54, 1.807) is 0 Å². The van der Waals surface area contributed by atoms with Crippen molar-refractivity contribution < 1.29 is 0 Å². The maximum absolute atomic E-state index is 2.67. The van der Waals surface area contributed by atoms with Crippen LogP contribution in [0.3, 0.4) is 0 Å². The lowest BCUT2D eigenvalue weighted by Crippen LogP contribution is -2.64. The third-order valence-electron chi connectivity index (χ3n) is 11.7. The second-order valence-electron chi connectivity index (χ2n) is 14.6. The lowest BCUT2D eigenvalue weighted by molar-refractivity contribution is -0.219. The first-order chi connectivity index (χ1) is 11.4. The number of hydrogen-bond acceptors (Lipinski definition) is 0. The Kier molecular flexibility index (Phi) is 5.57. The van der Waals surface area contributed by atoms with Crippen LogP contribution in [0, 0.1) is 49.2 Å². The quantitative estimate of drug-likeness (QED) is 0.459. The molecule has 0 aliphatic heterocycles. The van der Waals surface area contributed by atoms with Crippen LogP contribution in [0.4, 0.5) is 0 Å². The van der Waals surface area contributed by atoms with Gasteiger partial charge in [-0.3, -0.25) is 0 Å². The fourth-order valence-electron chi connectivity index (χ4n) is 7.81. The van der Waals surface area contributed by atoms with E-state index < -0.39 is 0 Å². The monoisotopic (exact) mass is 378 g/mol. The van der Waals surface area contributed by atoms with Gasteiger partial charge in [-0.25, -0.2) is 0 Å². The van der Waals surface area contributed by atoms with E-state index in [-0.39, 0.29) is 43.3 Å². The van der Waals surface area contributed by atoms with Gasteiger partial charge in [0.05, 0.1) is 0 Å². The van der Waals surface area contributed by atoms with Crippen LogP contribution < -0.4 is 0 Å². The Bertz CT molecular complexity index is 560. The Morgan fingerprint density at radius 1 is 0.630 bits per heavy atom. The molecule has 0 heteroatoms. The van der Waals surface area contributed by atoms with E-state index in [1.165, 1.54) is 6.42 Å². The molecule has 1 rings (SSSR count). The Labute approximate surface area is 173 Å². The van der Waals surface area contributed by atoms with Crippen LogP contribution in [0.1, 0.15) is 124 Å². The second-order valence-corrected chi connectivity index (χ2v) is 14.6. The Balaban J connectivity index is 4.11. The van der Waals surface area contributed by atoms with Crippen LogP contribution in [0.5, 0.6) is 0 Å². The topological polar surface area (TPSA) is 0 Å². The Hall–Kier alpha value is 0. The van der Waals surface area contributed by atoms with Crippen molar-refractivity contribution in [1.29, 1.82) is 0 Å². The summed E-state index contributed by atoms with van der Waals surface area (Å²) >= 11 is 0. The summed E-state index contributed by atoms with van der Waals surface area (Å²) < 4.78 is 0. The Morgan fingerprint density at radius 3 is 1.26 bits per heavy atom. The van der Waals surface area contributed by atoms with E-state index in [2.05, 4.69) is 118 Å². The van der Waals surface area contributed by atoms with E-state index in [0.29, 0.717) is 5.92 Å². The molecule has 3 atom stereocenters. The van der Waals surface area contributed by atoms with Gasteiger partial charge in [0.15, 0.2) is 0 Å². The average Bonchev–Trinajstić information content (AvgIpc) is 2.54. The molecular formula is C27H54. The SMILES string of the molecule is CC(C)C(C)(C)C1(C)C(C)(C)CC(C)(C(C)(C)C(C)(C)C)C1(C)C(C)(C)C. The highest BCUT2D eigenvalue weighted by atomic mass is 14.8. The summed E-state index contributed by atoms with van der Waals surface area (Å²) in [4.78, 5) is 0. The van der Waals surface area contributed by atoms with Gasteiger partial charge in [0.25, 0.3) is 0 Å². The van der Waals surface area contributed by atoms with Crippen molar-refractivity contribution in [2.45, 2.75) is 124 Å². The summed E-state index contributed by atoms with van der Waals surface area (Å²) in [6.45, 7) is 43.1. The van der Waals surface area contributed by atoms with E-state index in [9.17, 15) is 0 Å². The third-order valence-corrected chi connectivity index (χ3v) is 11.7. The van der Waals surface area contributed by atoms with Gasteiger partial charge >= 0.3 is 0 Å². The molecule has 0 bridgehead atoms. The van der Waals surface area contributed by atoms with Gasteiger partial charge in [0.2, 0.25) is 0 Å². The smallest absolute Gasteiger partial charge is 0.0154 e. The van der Waals surface area contributed by atoms with Crippen molar-refractivity contribution in [3.05, 3.63) is 0 Å². The van der Waals surface area contributed by atoms with Gasteiger partial charge in [0, 0.05) is 0 Å². The van der Waals surface area contributed by atoms with Crippen molar-refractivity contribution in [3.63, 3.8) is 0 Å². The largest absolute Gasteiger partial charge is 0.0622 e. The highest BCUT2D eigenvalue weighted by molar-refractivity contribution is 5.26. The molecule has 0 aromatic heterocycles. The van der Waals surface area contributed by atoms with Crippen LogP contribution in [0.2, 0.25) is 0 Å². The van der Waals surface area contributed by atoms with Crippen LogP contribution >= 0.6 is 0 Å². The third kappa shape index (κ3) is 2.66. The maximum Gasteiger partial charge on any atom is -0.0154 e. The maximum atomic E-state index is 2.67. The van der Waals surface area contributed by atoms with Gasteiger partial charge in [-0.2, -0.15) is 0 Å². The molecule has 162 valence electrons. The summed E-state index contributed by atoms with van der Waals surface area (Å²) in [7, 11) is 0. The van der Waals surface area contributed by atoms with Crippen molar-refractivity contribution >= 4 is 0 Å². The summed E-state index contributed by atoms with van der Waals surface area (Å²) in [6, 6.07) is 0. The summed E-state index contributed by atoms with van der Waals surface area (Å²) in [5.41, 5.74) is 1.78. The fraction of sp³-hybridized carbons (Fsp3) is 1.00. The minimum atomic E-state index is 0.182. The molecular weight excluding hydrogens is 324 g/mol. The van der Waals surface area contributed by atoms with E-state index in [0.717, 1.165) is 0 Å². The average molecular weight is 379 g/mol. The second kappa shape index (κ2) is 6.01. The molecule has 1 saturated carbocycles. The molecule has 0 heterocycles. The first kappa shape index (κ1) is 25.0. The molecule has 1 aliphatic carbocycles. The number of rotatable bonds is 3. The lowest BCUT2D eigenvalue weighted by atomic mass is 9.35. The lowest BCUT2D eigenvalue weighted by Gasteiger charge is -2.69. The predicted molar refractivity (Wildman–Crippen MR) is 124 cm³/mol. The molecule has 1 fully saturated rings. The van der Waals surface area contributed by atoms with Crippen LogP contribution in [-0.2, 0) is 0 Å². The van der Waals surface area contributed by atoms with Crippen LogP contribution in [0.25, 0.3) is 0 Å². The van der Waals surface area contributed by atoms with Gasteiger partial charge in [-0.15, -0.1) is 0 Å². The molecule has 0 N–H and O–H groups in total. The van der Waals surface area contributed by atoms with Gasteiger partial charge in [-0.1, -0.05) is 118 Å². The van der Waals surface area contributed by atoms with Crippen LogP contribution in [-0.4, -0.2) is 0 Å². The highest BCUT2D eigenvalue weighted by Crippen LogP contribution is 2.84. The minimum Gasteiger partial charge on any atom is -0.0622 e. The first-order valence-corrected chi connectivity index (χ1v) is 11.4. The van der Waals surface area contributed by atoms with Crippen molar-refractivity contribution in [2.24, 2.45) is 49.2 Å². The zero-order chi connectivity index (χ0) is 22.3. The first-order valence-electron chi connectivity index (χ1n) is 11.4. The number of hydrogen-bond donors (Lipinski definition) is 0. The molecule has 27 heavy (non-hydrogen) atoms. The summed E-state index contributed by atoms with van der Waals surface area (Å²) in [5.74, 6) is 0.642. The molecule has 0 amide bonds. The normalized spacial score (nSPS) is 35.8. The Morgan fingerprint density at radius 2 is 1.00 bits per heavy atom. The van der Waals surface area contributed by atoms with Gasteiger partial charge < -0.3 is 0 Å². The zero-order valence-corrected chi connectivity index (χ0v) is 22.3. The van der Waals surface area contributed by atoms with E-state index in [4.69, 9.17) is 0 Å². The van der Waals surface area contributed by atoms with Crippen molar-refractivity contribution in [1.82, 2.24) is 0 Å². The summed E-state index contributed by atoms with van der Waals surface area (Å²) in [5, 5.41) is 0. The molecule has 0 nitrogen and oxygen atoms in total. The molecule has 0 spiro atoms. The zero-order valence-electron chi connectivity index (χ0n) is 22.3. The van der Waals surface area contributed by atoms with E-state index in [1.807, 2.05) is 0 Å². The van der Waals surface area contributed by atoms with Gasteiger partial charge in [0.1, 0.15) is 0 Å². The highest BCUT2D eigenvalue weighted by Gasteiger charge is 2.78. The van der Waals surface area contributed by atoms with Crippen molar-refractivity contribution in [3.8, 4) is 0 Å². The summed E-state index contributed by atoms with van der Waals surface area (Å²) in [6.07, 6.45) is 1.28. The molecule has 0 saturated heterocycles. The fourth-order valence-corrected chi connectivity index (χ4v) is 7.81. The predicted octanol–water partition coefficient (Wildman–Crippen LogP) is 9.24. The van der Waals surface area contributed by atoms with Crippen LogP contribution in [0.15, 0.2) is 0 Å². The van der Waals surface area contributed by atoms with Gasteiger partial charge in [-0.05, 0) is 55.7 Å². The standard InChI is InChI=1S/C27H54/c1-19(2)23(11,12)27(17)22(9,10)18-25(15,24(13,14)20(3,4)5)26(27,16)21(6,7)8/h19H,18H2,1-17H3. The minimum absolute atomic E-state index is 0.182. The molecule has 0 radical (unpaired) electrons. The molecule has 0 aromatic carbocycles.